The third kappa shape index (κ3) is 3.50. The quantitative estimate of drug-likeness (QED) is 0.770. The van der Waals surface area contributed by atoms with E-state index in [-0.39, 0.29) is 4.90 Å². The Bertz CT molecular complexity index is 925. The van der Waals surface area contributed by atoms with Crippen molar-refractivity contribution in [1.29, 1.82) is 0 Å². The number of nitrogens with zero attached hydrogens (tertiary/aromatic N) is 3. The molecule has 0 saturated heterocycles. The third-order valence-corrected chi connectivity index (χ3v) is 5.05. The van der Waals surface area contributed by atoms with Gasteiger partial charge in [-0.15, -0.1) is 0 Å². The molecule has 1 N–H and O–H groups in total. The van der Waals surface area contributed by atoms with Crippen molar-refractivity contribution in [3.63, 3.8) is 0 Å². The summed E-state index contributed by atoms with van der Waals surface area (Å²) in [5.41, 5.74) is 1.59. The van der Waals surface area contributed by atoms with Crippen molar-refractivity contribution >= 4 is 10.0 Å². The van der Waals surface area contributed by atoms with Crippen LogP contribution in [-0.4, -0.2) is 23.2 Å². The average Bonchev–Trinajstić information content (AvgIpc) is 3.09. The van der Waals surface area contributed by atoms with Gasteiger partial charge in [0.25, 0.3) is 0 Å². The van der Waals surface area contributed by atoms with Crippen LogP contribution in [0.3, 0.4) is 0 Å². The lowest BCUT2D eigenvalue weighted by Gasteiger charge is -2.15. The second-order valence-electron chi connectivity index (χ2n) is 5.23. The Kier molecular flexibility index (Phi) is 4.41. The van der Waals surface area contributed by atoms with E-state index in [9.17, 15) is 12.8 Å². The standard InChI is InChI=1S/C16H15FN4O2S/c1-12(20-24(22,23)16-4-2-3-14(17)9-16)13-5-7-15(8-6-13)21-11-18-10-19-21/h2-12,20H,1H3. The van der Waals surface area contributed by atoms with Gasteiger partial charge in [0.2, 0.25) is 10.0 Å². The molecule has 0 amide bonds. The number of hydrogen-bond donors (Lipinski definition) is 1. The van der Waals surface area contributed by atoms with Gasteiger partial charge in [0.05, 0.1) is 10.6 Å². The molecule has 6 nitrogen and oxygen atoms in total. The van der Waals surface area contributed by atoms with Crippen molar-refractivity contribution in [2.24, 2.45) is 0 Å². The van der Waals surface area contributed by atoms with Crippen molar-refractivity contribution in [3.05, 3.63) is 72.6 Å². The van der Waals surface area contributed by atoms with Gasteiger partial charge in [0.1, 0.15) is 18.5 Å². The zero-order valence-electron chi connectivity index (χ0n) is 12.8. The maximum absolute atomic E-state index is 13.2. The maximum atomic E-state index is 13.2. The number of hydrogen-bond acceptors (Lipinski definition) is 4. The maximum Gasteiger partial charge on any atom is 0.241 e. The number of halogens is 1. The zero-order valence-corrected chi connectivity index (χ0v) is 13.6. The lowest BCUT2D eigenvalue weighted by atomic mass is 10.1. The zero-order chi connectivity index (χ0) is 17.2. The summed E-state index contributed by atoms with van der Waals surface area (Å²) in [6, 6.07) is 11.7. The van der Waals surface area contributed by atoms with Crippen LogP contribution in [0.1, 0.15) is 18.5 Å². The van der Waals surface area contributed by atoms with E-state index in [1.807, 2.05) is 12.1 Å². The number of sulfonamides is 1. The van der Waals surface area contributed by atoms with E-state index >= 15 is 0 Å². The van der Waals surface area contributed by atoms with Gasteiger partial charge < -0.3 is 0 Å². The molecule has 1 unspecified atom stereocenters. The van der Waals surface area contributed by atoms with Gasteiger partial charge in [-0.2, -0.15) is 5.10 Å². The Morgan fingerprint density at radius 2 is 1.92 bits per heavy atom. The fraction of sp³-hybridized carbons (Fsp3) is 0.125. The molecule has 8 heteroatoms. The van der Waals surface area contributed by atoms with E-state index in [0.29, 0.717) is 0 Å². The number of nitrogens with one attached hydrogen (secondary N) is 1. The minimum absolute atomic E-state index is 0.103. The van der Waals surface area contributed by atoms with Gasteiger partial charge in [-0.05, 0) is 42.8 Å². The first-order valence-corrected chi connectivity index (χ1v) is 8.67. The first-order valence-electron chi connectivity index (χ1n) is 7.18. The van der Waals surface area contributed by atoms with E-state index in [4.69, 9.17) is 0 Å². The van der Waals surface area contributed by atoms with Gasteiger partial charge in [0.15, 0.2) is 0 Å². The minimum atomic E-state index is -3.80. The van der Waals surface area contributed by atoms with Crippen molar-refractivity contribution < 1.29 is 12.8 Å². The highest BCUT2D eigenvalue weighted by atomic mass is 32.2. The van der Waals surface area contributed by atoms with Crippen molar-refractivity contribution in [2.45, 2.75) is 17.9 Å². The Morgan fingerprint density at radius 3 is 2.54 bits per heavy atom. The highest BCUT2D eigenvalue weighted by molar-refractivity contribution is 7.89. The average molecular weight is 346 g/mol. The molecule has 3 aromatic rings. The van der Waals surface area contributed by atoms with E-state index in [0.717, 1.165) is 17.3 Å². The van der Waals surface area contributed by atoms with E-state index in [1.165, 1.54) is 24.5 Å². The first kappa shape index (κ1) is 16.3. The summed E-state index contributed by atoms with van der Waals surface area (Å²) < 4.78 is 42.0. The molecule has 0 aliphatic heterocycles. The highest BCUT2D eigenvalue weighted by Crippen LogP contribution is 2.19. The van der Waals surface area contributed by atoms with Crippen LogP contribution < -0.4 is 4.72 Å². The van der Waals surface area contributed by atoms with Crippen LogP contribution in [0.4, 0.5) is 4.39 Å². The summed E-state index contributed by atoms with van der Waals surface area (Å²) in [6.45, 7) is 1.72. The van der Waals surface area contributed by atoms with Gasteiger partial charge in [-0.1, -0.05) is 18.2 Å². The molecule has 0 fully saturated rings. The largest absolute Gasteiger partial charge is 0.241 e. The molecule has 0 bridgehead atoms. The van der Waals surface area contributed by atoms with Gasteiger partial charge in [-0.3, -0.25) is 0 Å². The van der Waals surface area contributed by atoms with Crippen LogP contribution in [0, 0.1) is 5.82 Å². The second kappa shape index (κ2) is 6.50. The van der Waals surface area contributed by atoms with Crippen LogP contribution in [-0.2, 0) is 10.0 Å². The normalized spacial score (nSPS) is 12.9. The van der Waals surface area contributed by atoms with E-state index in [2.05, 4.69) is 14.8 Å². The van der Waals surface area contributed by atoms with E-state index < -0.39 is 21.9 Å². The molecule has 1 atom stereocenters. The van der Waals surface area contributed by atoms with Crippen molar-refractivity contribution in [2.75, 3.05) is 0 Å². The minimum Gasteiger partial charge on any atom is -0.223 e. The molecule has 0 aliphatic carbocycles. The SMILES string of the molecule is CC(NS(=O)(=O)c1cccc(F)c1)c1ccc(-n2cncn2)cc1. The Labute approximate surface area is 139 Å². The molecule has 0 radical (unpaired) electrons. The highest BCUT2D eigenvalue weighted by Gasteiger charge is 2.18. The fourth-order valence-electron chi connectivity index (χ4n) is 2.26. The van der Waals surface area contributed by atoms with E-state index in [1.54, 1.807) is 30.1 Å². The van der Waals surface area contributed by atoms with Crippen LogP contribution in [0.5, 0.6) is 0 Å². The monoisotopic (exact) mass is 346 g/mol. The molecule has 2 aromatic carbocycles. The number of rotatable bonds is 5. The third-order valence-electron chi connectivity index (χ3n) is 3.51. The van der Waals surface area contributed by atoms with Crippen molar-refractivity contribution in [3.8, 4) is 5.69 Å². The summed E-state index contributed by atoms with van der Waals surface area (Å²) in [7, 11) is -3.80. The molecular formula is C16H15FN4O2S. The molecule has 0 aliphatic rings. The molecule has 0 saturated carbocycles. The number of aromatic nitrogens is 3. The van der Waals surface area contributed by atoms with Gasteiger partial charge in [0, 0.05) is 6.04 Å². The Balaban J connectivity index is 1.78. The molecule has 3 rings (SSSR count). The predicted molar refractivity (Wildman–Crippen MR) is 86.5 cm³/mol. The molecule has 1 aromatic heterocycles. The van der Waals surface area contributed by atoms with Crippen LogP contribution in [0.25, 0.3) is 5.69 Å². The molecule has 124 valence electrons. The fourth-order valence-corrected chi connectivity index (χ4v) is 3.52. The van der Waals surface area contributed by atoms with Gasteiger partial charge >= 0.3 is 0 Å². The summed E-state index contributed by atoms with van der Waals surface area (Å²) >= 11 is 0. The Morgan fingerprint density at radius 1 is 1.17 bits per heavy atom. The summed E-state index contributed by atoms with van der Waals surface area (Å²) in [6.07, 6.45) is 3.01. The van der Waals surface area contributed by atoms with Crippen LogP contribution in [0.15, 0.2) is 66.1 Å². The number of benzene rings is 2. The lowest BCUT2D eigenvalue weighted by molar-refractivity contribution is 0.564. The summed E-state index contributed by atoms with van der Waals surface area (Å²) in [5.74, 6) is -0.595. The van der Waals surface area contributed by atoms with Gasteiger partial charge in [-0.25, -0.2) is 27.2 Å². The first-order chi connectivity index (χ1) is 11.5. The molecular weight excluding hydrogens is 331 g/mol. The second-order valence-corrected chi connectivity index (χ2v) is 6.95. The predicted octanol–water partition coefficient (Wildman–Crippen LogP) is 2.45. The molecule has 0 spiro atoms. The topological polar surface area (TPSA) is 76.9 Å². The summed E-state index contributed by atoms with van der Waals surface area (Å²) in [4.78, 5) is 3.77. The van der Waals surface area contributed by atoms with Crippen molar-refractivity contribution in [1.82, 2.24) is 19.5 Å². The lowest BCUT2D eigenvalue weighted by Crippen LogP contribution is -2.27. The van der Waals surface area contributed by atoms with Crippen LogP contribution >= 0.6 is 0 Å². The molecule has 1 heterocycles. The van der Waals surface area contributed by atoms with Crippen LogP contribution in [0.2, 0.25) is 0 Å². The summed E-state index contributed by atoms with van der Waals surface area (Å²) in [5, 5.41) is 4.03. The smallest absolute Gasteiger partial charge is 0.223 e. The molecule has 24 heavy (non-hydrogen) atoms. The Hall–Kier alpha value is -2.58.